The number of β-lactam (4-membered cyclic amide) rings is 1. The maximum Gasteiger partial charge on any atom is 0.352 e. The first-order valence-electron chi connectivity index (χ1n) is 22.0. The molecule has 8 aromatic rings. The van der Waals surface area contributed by atoms with E-state index in [9.17, 15) is 14.7 Å². The van der Waals surface area contributed by atoms with Gasteiger partial charge in [0.25, 0.3) is 11.8 Å². The van der Waals surface area contributed by atoms with Crippen molar-refractivity contribution >= 4 is 63.5 Å². The maximum absolute atomic E-state index is 15.1. The van der Waals surface area contributed by atoms with E-state index in [1.807, 2.05) is 146 Å². The lowest BCUT2D eigenvalue weighted by atomic mass is 9.77. The summed E-state index contributed by atoms with van der Waals surface area (Å²) in [5.41, 5.74) is 3.04. The third-order valence-electron chi connectivity index (χ3n) is 12.1. The molecule has 10 rings (SSSR count). The number of thioether (sulfide) groups is 2. The molecule has 0 spiro atoms. The largest absolute Gasteiger partial charge is 0.477 e. The lowest BCUT2D eigenvalue weighted by Gasteiger charge is -2.49. The van der Waals surface area contributed by atoms with Gasteiger partial charge in [-0.25, -0.2) is 9.78 Å². The number of anilines is 1. The van der Waals surface area contributed by atoms with Gasteiger partial charge in [0.15, 0.2) is 10.8 Å². The quantitative estimate of drug-likeness (QED) is 0.0175. The van der Waals surface area contributed by atoms with Gasteiger partial charge in [-0.15, -0.1) is 27.9 Å². The third kappa shape index (κ3) is 8.56. The molecule has 0 saturated carbocycles. The highest BCUT2D eigenvalue weighted by atomic mass is 32.2. The number of fused-ring (bicyclic) bond motifs is 1. The van der Waals surface area contributed by atoms with Gasteiger partial charge in [0.05, 0.1) is 0 Å². The van der Waals surface area contributed by atoms with Crippen LogP contribution in [0.25, 0.3) is 0 Å². The fourth-order valence-corrected chi connectivity index (χ4v) is 11.8. The molecule has 70 heavy (non-hydrogen) atoms. The number of carboxylic acid groups (broad SMARTS) is 1. The minimum Gasteiger partial charge on any atom is -0.477 e. The monoisotopic (exact) mass is 982 g/mol. The number of amides is 2. The van der Waals surface area contributed by atoms with E-state index >= 15 is 4.79 Å². The van der Waals surface area contributed by atoms with Gasteiger partial charge < -0.3 is 26.4 Å². The van der Waals surface area contributed by atoms with Crippen LogP contribution < -0.4 is 16.5 Å². The van der Waals surface area contributed by atoms with Crippen LogP contribution >= 0.6 is 34.9 Å². The van der Waals surface area contributed by atoms with Crippen molar-refractivity contribution in [1.82, 2.24) is 35.5 Å². The van der Waals surface area contributed by atoms with Crippen LogP contribution in [0.3, 0.4) is 0 Å². The Hall–Kier alpha value is -8.06. The second-order valence-electron chi connectivity index (χ2n) is 16.1. The van der Waals surface area contributed by atoms with Gasteiger partial charge in [-0.2, -0.15) is 0 Å². The number of nitrogens with two attached hydrogens (primary N) is 1. The van der Waals surface area contributed by atoms with Gasteiger partial charge in [0, 0.05) is 33.6 Å². The van der Waals surface area contributed by atoms with E-state index in [1.54, 1.807) is 5.38 Å². The first kappa shape index (κ1) is 45.7. The predicted octanol–water partition coefficient (Wildman–Crippen LogP) is 7.49. The molecule has 2 atom stereocenters. The van der Waals surface area contributed by atoms with Gasteiger partial charge in [0.1, 0.15) is 28.3 Å². The van der Waals surface area contributed by atoms with Gasteiger partial charge in [-0.1, -0.05) is 204 Å². The van der Waals surface area contributed by atoms with Crippen LogP contribution in [0.15, 0.2) is 209 Å². The van der Waals surface area contributed by atoms with E-state index in [-0.39, 0.29) is 33.8 Å². The first-order chi connectivity index (χ1) is 34.3. The van der Waals surface area contributed by atoms with Crippen LogP contribution in [0, 0.1) is 0 Å². The van der Waals surface area contributed by atoms with E-state index in [4.69, 9.17) is 20.8 Å². The number of nitrogen functional groups attached to an aromatic ring is 1. The highest BCUT2D eigenvalue weighted by Gasteiger charge is 2.54. The summed E-state index contributed by atoms with van der Waals surface area (Å²) in [4.78, 5) is 56.1. The highest BCUT2D eigenvalue weighted by molar-refractivity contribution is 8.01. The van der Waals surface area contributed by atoms with Crippen LogP contribution in [0.4, 0.5) is 5.13 Å². The number of tetrazole rings is 1. The summed E-state index contributed by atoms with van der Waals surface area (Å²) in [7, 11) is 0. The number of aromatic nitrogens is 5. The van der Waals surface area contributed by atoms with Crippen molar-refractivity contribution < 1.29 is 24.3 Å². The number of nitrogens with one attached hydrogen (secondary N) is 2. The minimum absolute atomic E-state index is 0.160. The van der Waals surface area contributed by atoms with Gasteiger partial charge >= 0.3 is 5.97 Å². The van der Waals surface area contributed by atoms with Gasteiger partial charge in [0.2, 0.25) is 10.8 Å². The van der Waals surface area contributed by atoms with Gasteiger partial charge in [-0.3, -0.25) is 14.5 Å². The van der Waals surface area contributed by atoms with Crippen LogP contribution in [-0.2, 0) is 30.4 Å². The Kier molecular flexibility index (Phi) is 13.0. The molecule has 348 valence electrons. The number of carbonyl (C=O) groups is 3. The van der Waals surface area contributed by atoms with E-state index in [2.05, 4.69) is 62.6 Å². The number of oxime groups is 1. The molecule has 18 heteroatoms. The topological polar surface area (TPSA) is 203 Å². The number of carbonyl (C=O) groups excluding carboxylic acids is 2. The molecular formula is C52H42N10O5S3. The molecule has 0 bridgehead atoms. The summed E-state index contributed by atoms with van der Waals surface area (Å²) in [6, 6.07) is 58.0. The summed E-state index contributed by atoms with van der Waals surface area (Å²) in [6.07, 6.45) is 0. The molecule has 4 heterocycles. The first-order valence-corrected chi connectivity index (χ1v) is 24.9. The fourth-order valence-electron chi connectivity index (χ4n) is 8.81. The number of hydrogen-bond acceptors (Lipinski definition) is 14. The zero-order valence-electron chi connectivity index (χ0n) is 37.0. The van der Waals surface area contributed by atoms with Crippen LogP contribution in [0.5, 0.6) is 0 Å². The molecule has 5 N–H and O–H groups in total. The van der Waals surface area contributed by atoms with Crippen molar-refractivity contribution in [3.05, 3.63) is 238 Å². The molecule has 2 amide bonds. The smallest absolute Gasteiger partial charge is 0.352 e. The lowest BCUT2D eigenvalue weighted by Crippen LogP contribution is -2.71. The Morgan fingerprint density at radius 2 is 1.24 bits per heavy atom. The number of aliphatic carboxylic acids is 1. The molecule has 0 aliphatic carbocycles. The van der Waals surface area contributed by atoms with E-state index < -0.39 is 40.3 Å². The number of hydrogen-bond donors (Lipinski definition) is 4. The average molecular weight is 983 g/mol. The van der Waals surface area contributed by atoms with Gasteiger partial charge in [-0.05, 0) is 32.7 Å². The summed E-state index contributed by atoms with van der Waals surface area (Å²) in [5.74, 6) is 3.59. The van der Waals surface area contributed by atoms with Crippen molar-refractivity contribution in [2.75, 3.05) is 22.7 Å². The second-order valence-corrected chi connectivity index (χ2v) is 19.0. The summed E-state index contributed by atoms with van der Waals surface area (Å²) in [5, 5.41) is 34.7. The van der Waals surface area contributed by atoms with Crippen LogP contribution in [0.1, 0.15) is 39.1 Å². The van der Waals surface area contributed by atoms with E-state index in [1.165, 1.54) is 28.0 Å². The predicted molar refractivity (Wildman–Crippen MR) is 270 cm³/mol. The summed E-state index contributed by atoms with van der Waals surface area (Å²) >= 11 is 3.76. The van der Waals surface area contributed by atoms with Crippen molar-refractivity contribution in [3.8, 4) is 0 Å². The van der Waals surface area contributed by atoms with Crippen molar-refractivity contribution in [2.24, 2.45) is 5.16 Å². The van der Waals surface area contributed by atoms with Crippen LogP contribution in [0.2, 0.25) is 0 Å². The molecule has 2 aliphatic rings. The molecule has 1 fully saturated rings. The zero-order chi connectivity index (χ0) is 48.1. The molecule has 0 radical (unpaired) electrons. The Morgan fingerprint density at radius 3 is 1.70 bits per heavy atom. The SMILES string of the molecule is Nn1nnnc1SCC1=C(C(=O)O)N2C(=O)[C@@H](NC(=O)/C(=N\OC(c3ccccc3)(c3ccccc3)c3ccccc3)c3csc(NC(c4ccccc4)(c4ccccc4)c4ccccc4)n3)[C@@H]2SC1. The lowest BCUT2D eigenvalue weighted by molar-refractivity contribution is -0.150. The molecule has 1 saturated heterocycles. The normalized spacial score (nSPS) is 16.0. The van der Waals surface area contributed by atoms with Crippen molar-refractivity contribution in [1.29, 1.82) is 0 Å². The molecule has 2 aromatic heterocycles. The Balaban J connectivity index is 1.06. The summed E-state index contributed by atoms with van der Waals surface area (Å²) < 4.78 is 0. The van der Waals surface area contributed by atoms with Crippen LogP contribution in [-0.4, -0.2) is 81.7 Å². The molecule has 6 aromatic carbocycles. The number of carboxylic acids is 1. The Bertz CT molecular complexity index is 3010. The molecular weight excluding hydrogens is 941 g/mol. The highest BCUT2D eigenvalue weighted by Crippen LogP contribution is 2.44. The molecule has 15 nitrogen and oxygen atoms in total. The third-order valence-corrected chi connectivity index (χ3v) is 15.2. The molecule has 2 aliphatic heterocycles. The zero-order valence-corrected chi connectivity index (χ0v) is 39.4. The van der Waals surface area contributed by atoms with Crippen molar-refractivity contribution in [2.45, 2.75) is 27.7 Å². The average Bonchev–Trinajstić information content (AvgIpc) is 4.06. The summed E-state index contributed by atoms with van der Waals surface area (Å²) in [6.45, 7) is 0. The number of benzene rings is 6. The second kappa shape index (κ2) is 19.9. The standard InChI is InChI=1S/C52H42N10O5S3/c53-62-50(57-59-60-62)70-32-34-31-68-47-43(46(64)61(47)44(34)48(65)66)55-45(63)42(58-67-52(38-25-13-4-14-26-38,39-27-15-5-16-28-39)40-29-17-6-18-30-40)41-33-69-49(54-41)56-51(35-19-7-1-8-20-35,36-21-9-2-10-22-36)37-23-11-3-12-24-37/h1-30,33,43,47H,31-32,53H2,(H,54,56)(H,55,63)(H,65,66)/b58-42-/t43-,47+/m1/s1. The molecule has 0 unspecified atom stereocenters. The number of thiazole rings is 1. The Labute approximate surface area is 414 Å². The fraction of sp³-hybridized carbons (Fsp3) is 0.115. The Morgan fingerprint density at radius 1 is 0.757 bits per heavy atom. The van der Waals surface area contributed by atoms with E-state index in [0.717, 1.165) is 49.9 Å². The number of nitrogens with zero attached hydrogens (tertiary/aromatic N) is 7. The minimum atomic E-state index is -1.37. The van der Waals surface area contributed by atoms with Crippen molar-refractivity contribution in [3.63, 3.8) is 0 Å². The van der Waals surface area contributed by atoms with E-state index in [0.29, 0.717) is 10.7 Å². The number of rotatable bonds is 17. The maximum atomic E-state index is 15.1.